The standard InChI is InChI=1S/C13H22N4O3/c1-19-8-9-20-7-3-2-5-16-13(18)12-10-11(17-14)4-6-15-12/h4,6,10H,2-3,5,7-9,14H2,1H3,(H,15,17)(H,16,18). The van der Waals surface area contributed by atoms with Crippen molar-refractivity contribution in [1.29, 1.82) is 0 Å². The lowest BCUT2D eigenvalue weighted by Crippen LogP contribution is -2.25. The minimum Gasteiger partial charge on any atom is -0.382 e. The van der Waals surface area contributed by atoms with Crippen LogP contribution in [-0.2, 0) is 9.47 Å². The molecule has 112 valence electrons. The Morgan fingerprint density at radius 3 is 2.95 bits per heavy atom. The van der Waals surface area contributed by atoms with Crippen LogP contribution in [0.3, 0.4) is 0 Å². The Labute approximate surface area is 118 Å². The van der Waals surface area contributed by atoms with Gasteiger partial charge in [0.1, 0.15) is 5.69 Å². The highest BCUT2D eigenvalue weighted by Crippen LogP contribution is 2.05. The number of nitrogen functional groups attached to an aromatic ring is 1. The van der Waals surface area contributed by atoms with Crippen molar-refractivity contribution in [1.82, 2.24) is 10.3 Å². The smallest absolute Gasteiger partial charge is 0.269 e. The van der Waals surface area contributed by atoms with Gasteiger partial charge in [-0.05, 0) is 25.0 Å². The minimum atomic E-state index is -0.206. The molecule has 0 radical (unpaired) electrons. The summed E-state index contributed by atoms with van der Waals surface area (Å²) in [5.41, 5.74) is 3.47. The Kier molecular flexibility index (Phi) is 8.28. The zero-order valence-electron chi connectivity index (χ0n) is 11.7. The zero-order chi connectivity index (χ0) is 14.6. The molecule has 1 rings (SSSR count). The van der Waals surface area contributed by atoms with Crippen molar-refractivity contribution >= 4 is 11.6 Å². The molecule has 0 unspecified atom stereocenters. The molecule has 0 atom stereocenters. The van der Waals surface area contributed by atoms with E-state index in [0.717, 1.165) is 12.8 Å². The van der Waals surface area contributed by atoms with E-state index in [1.807, 2.05) is 0 Å². The lowest BCUT2D eigenvalue weighted by molar-refractivity contribution is 0.0686. The average molecular weight is 282 g/mol. The molecule has 0 saturated carbocycles. The van der Waals surface area contributed by atoms with Gasteiger partial charge in [-0.2, -0.15) is 0 Å². The van der Waals surface area contributed by atoms with E-state index in [4.69, 9.17) is 15.3 Å². The lowest BCUT2D eigenvalue weighted by atomic mass is 10.3. The number of pyridine rings is 1. The van der Waals surface area contributed by atoms with Crippen LogP contribution in [0.5, 0.6) is 0 Å². The van der Waals surface area contributed by atoms with Gasteiger partial charge >= 0.3 is 0 Å². The van der Waals surface area contributed by atoms with Gasteiger partial charge in [-0.25, -0.2) is 0 Å². The highest BCUT2D eigenvalue weighted by atomic mass is 16.5. The number of hydrazine groups is 1. The van der Waals surface area contributed by atoms with Crippen molar-refractivity contribution in [2.24, 2.45) is 5.84 Å². The molecular formula is C13H22N4O3. The fraction of sp³-hybridized carbons (Fsp3) is 0.538. The number of aromatic nitrogens is 1. The van der Waals surface area contributed by atoms with Gasteiger partial charge in [0.25, 0.3) is 5.91 Å². The Balaban J connectivity index is 2.13. The molecule has 0 aliphatic heterocycles. The SMILES string of the molecule is COCCOCCCCNC(=O)c1cc(NN)ccn1. The van der Waals surface area contributed by atoms with Crippen molar-refractivity contribution in [2.45, 2.75) is 12.8 Å². The van der Waals surface area contributed by atoms with E-state index in [9.17, 15) is 4.79 Å². The molecule has 20 heavy (non-hydrogen) atoms. The first-order valence-corrected chi connectivity index (χ1v) is 6.55. The minimum absolute atomic E-state index is 0.206. The van der Waals surface area contributed by atoms with E-state index in [1.165, 1.54) is 6.20 Å². The molecule has 7 nitrogen and oxygen atoms in total. The van der Waals surface area contributed by atoms with Crippen LogP contribution in [0.1, 0.15) is 23.3 Å². The summed E-state index contributed by atoms with van der Waals surface area (Å²) in [7, 11) is 1.64. The third-order valence-electron chi connectivity index (χ3n) is 2.59. The summed E-state index contributed by atoms with van der Waals surface area (Å²) in [5.74, 6) is 5.07. The fourth-order valence-electron chi connectivity index (χ4n) is 1.51. The summed E-state index contributed by atoms with van der Waals surface area (Å²) in [6.45, 7) is 2.47. The number of nitrogens with zero attached hydrogens (tertiary/aromatic N) is 1. The molecule has 0 bridgehead atoms. The van der Waals surface area contributed by atoms with E-state index in [1.54, 1.807) is 19.2 Å². The molecule has 4 N–H and O–H groups in total. The Bertz CT molecular complexity index is 401. The average Bonchev–Trinajstić information content (AvgIpc) is 2.49. The van der Waals surface area contributed by atoms with Gasteiger partial charge in [0.05, 0.1) is 18.9 Å². The molecule has 7 heteroatoms. The van der Waals surface area contributed by atoms with E-state index < -0.39 is 0 Å². The third kappa shape index (κ3) is 6.46. The predicted molar refractivity (Wildman–Crippen MR) is 76.3 cm³/mol. The largest absolute Gasteiger partial charge is 0.382 e. The number of rotatable bonds is 10. The van der Waals surface area contributed by atoms with Gasteiger partial charge in [0.2, 0.25) is 0 Å². The van der Waals surface area contributed by atoms with Crippen molar-refractivity contribution in [3.63, 3.8) is 0 Å². The van der Waals surface area contributed by atoms with Crippen LogP contribution in [0.15, 0.2) is 18.3 Å². The molecule has 1 aromatic rings. The quantitative estimate of drug-likeness (QED) is 0.329. The molecule has 0 aromatic carbocycles. The molecule has 1 amide bonds. The third-order valence-corrected chi connectivity index (χ3v) is 2.59. The second-order valence-electron chi connectivity index (χ2n) is 4.14. The van der Waals surface area contributed by atoms with Crippen LogP contribution in [-0.4, -0.2) is 44.4 Å². The van der Waals surface area contributed by atoms with Crippen LogP contribution in [0.4, 0.5) is 5.69 Å². The van der Waals surface area contributed by atoms with Gasteiger partial charge in [-0.15, -0.1) is 0 Å². The summed E-state index contributed by atoms with van der Waals surface area (Å²) < 4.78 is 10.2. The second-order valence-corrected chi connectivity index (χ2v) is 4.14. The molecule has 0 spiro atoms. The molecule has 0 aliphatic carbocycles. The van der Waals surface area contributed by atoms with Gasteiger partial charge in [0, 0.05) is 26.5 Å². The number of methoxy groups -OCH3 is 1. The highest BCUT2D eigenvalue weighted by molar-refractivity contribution is 5.93. The van der Waals surface area contributed by atoms with E-state index >= 15 is 0 Å². The maximum atomic E-state index is 11.8. The van der Waals surface area contributed by atoms with Crippen LogP contribution < -0.4 is 16.6 Å². The Morgan fingerprint density at radius 1 is 1.35 bits per heavy atom. The Hall–Kier alpha value is -1.70. The molecule has 1 heterocycles. The summed E-state index contributed by atoms with van der Waals surface area (Å²) in [4.78, 5) is 15.8. The maximum absolute atomic E-state index is 11.8. The summed E-state index contributed by atoms with van der Waals surface area (Å²) in [6.07, 6.45) is 3.28. The number of nitrogens with two attached hydrogens (primary N) is 1. The van der Waals surface area contributed by atoms with E-state index in [-0.39, 0.29) is 5.91 Å². The second kappa shape index (κ2) is 10.1. The molecule has 0 saturated heterocycles. The topological polar surface area (TPSA) is 98.5 Å². The van der Waals surface area contributed by atoms with Crippen LogP contribution in [0.25, 0.3) is 0 Å². The number of ether oxygens (including phenoxy) is 2. The molecule has 0 aliphatic rings. The van der Waals surface area contributed by atoms with Gasteiger partial charge in [-0.1, -0.05) is 0 Å². The number of unbranched alkanes of at least 4 members (excludes halogenated alkanes) is 1. The van der Waals surface area contributed by atoms with Crippen molar-refractivity contribution < 1.29 is 14.3 Å². The first-order valence-electron chi connectivity index (χ1n) is 6.55. The predicted octanol–water partition coefficient (Wildman–Crippen LogP) is 0.540. The fourth-order valence-corrected chi connectivity index (χ4v) is 1.51. The number of hydrogen-bond acceptors (Lipinski definition) is 6. The van der Waals surface area contributed by atoms with Crippen LogP contribution in [0, 0.1) is 0 Å². The van der Waals surface area contributed by atoms with Gasteiger partial charge in [0.15, 0.2) is 0 Å². The van der Waals surface area contributed by atoms with Crippen molar-refractivity contribution in [3.05, 3.63) is 24.0 Å². The summed E-state index contributed by atoms with van der Waals surface area (Å²) in [6, 6.07) is 3.29. The first-order chi connectivity index (χ1) is 9.77. The number of nitrogens with one attached hydrogen (secondary N) is 2. The molecule has 1 aromatic heterocycles. The van der Waals surface area contributed by atoms with Crippen LogP contribution in [0.2, 0.25) is 0 Å². The highest BCUT2D eigenvalue weighted by Gasteiger charge is 2.06. The van der Waals surface area contributed by atoms with Gasteiger partial charge in [-0.3, -0.25) is 15.6 Å². The molecule has 0 fully saturated rings. The van der Waals surface area contributed by atoms with Crippen molar-refractivity contribution in [3.8, 4) is 0 Å². The number of anilines is 1. The monoisotopic (exact) mass is 282 g/mol. The first kappa shape index (κ1) is 16.4. The number of carbonyl (C=O) groups is 1. The zero-order valence-corrected chi connectivity index (χ0v) is 11.7. The Morgan fingerprint density at radius 2 is 2.20 bits per heavy atom. The van der Waals surface area contributed by atoms with Crippen molar-refractivity contribution in [2.75, 3.05) is 38.9 Å². The van der Waals surface area contributed by atoms with Crippen LogP contribution >= 0.6 is 0 Å². The normalized spacial score (nSPS) is 10.3. The molecular weight excluding hydrogens is 260 g/mol. The summed E-state index contributed by atoms with van der Waals surface area (Å²) >= 11 is 0. The number of amides is 1. The number of carbonyl (C=O) groups excluding carboxylic acids is 1. The summed E-state index contributed by atoms with van der Waals surface area (Å²) in [5, 5.41) is 2.80. The number of hydrogen-bond donors (Lipinski definition) is 3. The van der Waals surface area contributed by atoms with E-state index in [2.05, 4.69) is 15.7 Å². The maximum Gasteiger partial charge on any atom is 0.269 e. The van der Waals surface area contributed by atoms with E-state index in [0.29, 0.717) is 37.7 Å². The lowest BCUT2D eigenvalue weighted by Gasteiger charge is -2.06. The van der Waals surface area contributed by atoms with Gasteiger partial charge < -0.3 is 20.2 Å².